The predicted molar refractivity (Wildman–Crippen MR) is 103 cm³/mol. The largest absolute Gasteiger partial charge is 0.497 e. The summed E-state index contributed by atoms with van der Waals surface area (Å²) in [6.45, 7) is 0. The first-order valence-corrected chi connectivity index (χ1v) is 8.82. The average molecular weight is 414 g/mol. The van der Waals surface area contributed by atoms with Crippen molar-refractivity contribution in [2.75, 3.05) is 7.11 Å². The predicted octanol–water partition coefficient (Wildman–Crippen LogP) is 5.12. The van der Waals surface area contributed by atoms with Crippen LogP contribution in [0.2, 0.25) is 0 Å². The molecule has 3 aromatic rings. The molecule has 5 heteroatoms. The van der Waals surface area contributed by atoms with E-state index in [0.29, 0.717) is 4.47 Å². The second-order valence-electron chi connectivity index (χ2n) is 5.71. The van der Waals surface area contributed by atoms with E-state index in [0.717, 1.165) is 16.9 Å². The SMILES string of the molecule is COc1ccc(C(NC(=O)c2ccc(Br)cc2F)c2ccccc2)cc1. The molecule has 1 unspecified atom stereocenters. The summed E-state index contributed by atoms with van der Waals surface area (Å²) >= 11 is 3.20. The van der Waals surface area contributed by atoms with Crippen molar-refractivity contribution in [2.24, 2.45) is 0 Å². The molecule has 132 valence electrons. The number of nitrogens with one attached hydrogen (secondary N) is 1. The minimum Gasteiger partial charge on any atom is -0.497 e. The van der Waals surface area contributed by atoms with Gasteiger partial charge in [0.15, 0.2) is 0 Å². The topological polar surface area (TPSA) is 38.3 Å². The van der Waals surface area contributed by atoms with Crippen molar-refractivity contribution in [1.82, 2.24) is 5.32 Å². The Kier molecular flexibility index (Phi) is 5.68. The molecule has 1 amide bonds. The van der Waals surface area contributed by atoms with Crippen LogP contribution < -0.4 is 10.1 Å². The van der Waals surface area contributed by atoms with Crippen LogP contribution in [0.1, 0.15) is 27.5 Å². The molecule has 0 aliphatic carbocycles. The number of amides is 1. The van der Waals surface area contributed by atoms with E-state index < -0.39 is 17.8 Å². The number of hydrogen-bond acceptors (Lipinski definition) is 2. The van der Waals surface area contributed by atoms with E-state index in [4.69, 9.17) is 4.74 Å². The van der Waals surface area contributed by atoms with Gasteiger partial charge in [-0.1, -0.05) is 58.4 Å². The first-order valence-electron chi connectivity index (χ1n) is 8.03. The summed E-state index contributed by atoms with van der Waals surface area (Å²) < 4.78 is 19.9. The molecule has 0 spiro atoms. The normalized spacial score (nSPS) is 11.7. The van der Waals surface area contributed by atoms with E-state index in [9.17, 15) is 9.18 Å². The summed E-state index contributed by atoms with van der Waals surface area (Å²) in [5.74, 6) is -0.316. The molecule has 0 fully saturated rings. The van der Waals surface area contributed by atoms with Gasteiger partial charge in [0.2, 0.25) is 0 Å². The maximum atomic E-state index is 14.1. The molecule has 26 heavy (non-hydrogen) atoms. The Morgan fingerprint density at radius 1 is 1.00 bits per heavy atom. The summed E-state index contributed by atoms with van der Waals surface area (Å²) in [4.78, 5) is 12.7. The second-order valence-corrected chi connectivity index (χ2v) is 6.63. The number of methoxy groups -OCH3 is 1. The number of hydrogen-bond donors (Lipinski definition) is 1. The third-order valence-corrected chi connectivity index (χ3v) is 4.53. The van der Waals surface area contributed by atoms with Gasteiger partial charge in [-0.25, -0.2) is 4.39 Å². The lowest BCUT2D eigenvalue weighted by Crippen LogP contribution is -2.30. The van der Waals surface area contributed by atoms with Crippen LogP contribution in [-0.2, 0) is 0 Å². The second kappa shape index (κ2) is 8.15. The van der Waals surface area contributed by atoms with Crippen molar-refractivity contribution in [1.29, 1.82) is 0 Å². The summed E-state index contributed by atoms with van der Waals surface area (Å²) in [6.07, 6.45) is 0. The molecule has 0 saturated carbocycles. The fourth-order valence-corrected chi connectivity index (χ4v) is 3.02. The Balaban J connectivity index is 1.94. The van der Waals surface area contributed by atoms with E-state index in [-0.39, 0.29) is 5.56 Å². The first-order chi connectivity index (χ1) is 12.6. The van der Waals surface area contributed by atoms with Gasteiger partial charge in [-0.15, -0.1) is 0 Å². The van der Waals surface area contributed by atoms with Crippen LogP contribution in [0, 0.1) is 5.82 Å². The number of halogens is 2. The van der Waals surface area contributed by atoms with Gasteiger partial charge in [0.1, 0.15) is 11.6 Å². The van der Waals surface area contributed by atoms with Crippen molar-refractivity contribution in [3.8, 4) is 5.75 Å². The fraction of sp³-hybridized carbons (Fsp3) is 0.0952. The smallest absolute Gasteiger partial charge is 0.255 e. The lowest BCUT2D eigenvalue weighted by atomic mass is 9.98. The Hall–Kier alpha value is -2.66. The van der Waals surface area contributed by atoms with E-state index in [1.807, 2.05) is 54.6 Å². The number of ether oxygens (including phenoxy) is 1. The number of benzene rings is 3. The van der Waals surface area contributed by atoms with Gasteiger partial charge in [0.05, 0.1) is 18.7 Å². The van der Waals surface area contributed by atoms with Gasteiger partial charge in [-0.3, -0.25) is 4.79 Å². The van der Waals surface area contributed by atoms with Crippen molar-refractivity contribution >= 4 is 21.8 Å². The van der Waals surface area contributed by atoms with Gasteiger partial charge in [0, 0.05) is 4.47 Å². The van der Waals surface area contributed by atoms with Gasteiger partial charge < -0.3 is 10.1 Å². The van der Waals surface area contributed by atoms with Crippen LogP contribution in [0.25, 0.3) is 0 Å². The van der Waals surface area contributed by atoms with Crippen molar-refractivity contribution in [3.05, 3.63) is 99.8 Å². The summed E-state index contributed by atoms with van der Waals surface area (Å²) in [6, 6.07) is 21.0. The highest BCUT2D eigenvalue weighted by Crippen LogP contribution is 2.25. The van der Waals surface area contributed by atoms with E-state index in [2.05, 4.69) is 21.2 Å². The third-order valence-electron chi connectivity index (χ3n) is 4.03. The van der Waals surface area contributed by atoms with Crippen LogP contribution in [0.5, 0.6) is 5.75 Å². The Bertz CT molecular complexity index is 898. The van der Waals surface area contributed by atoms with Gasteiger partial charge in [-0.2, -0.15) is 0 Å². The highest BCUT2D eigenvalue weighted by Gasteiger charge is 2.20. The molecule has 0 aromatic heterocycles. The van der Waals surface area contributed by atoms with Crippen molar-refractivity contribution in [2.45, 2.75) is 6.04 Å². The Morgan fingerprint density at radius 3 is 2.27 bits per heavy atom. The minimum absolute atomic E-state index is 0.00245. The zero-order chi connectivity index (χ0) is 18.5. The van der Waals surface area contributed by atoms with Crippen LogP contribution in [-0.4, -0.2) is 13.0 Å². The van der Waals surface area contributed by atoms with Gasteiger partial charge in [-0.05, 0) is 41.5 Å². The van der Waals surface area contributed by atoms with E-state index in [1.54, 1.807) is 13.2 Å². The lowest BCUT2D eigenvalue weighted by molar-refractivity contribution is 0.0939. The zero-order valence-electron chi connectivity index (χ0n) is 14.1. The van der Waals surface area contributed by atoms with E-state index in [1.165, 1.54) is 12.1 Å². The molecule has 0 saturated heterocycles. The van der Waals surface area contributed by atoms with Gasteiger partial charge in [0.25, 0.3) is 5.91 Å². The van der Waals surface area contributed by atoms with E-state index >= 15 is 0 Å². The molecule has 0 heterocycles. The minimum atomic E-state index is -0.571. The summed E-state index contributed by atoms with van der Waals surface area (Å²) in [5, 5.41) is 2.93. The number of carbonyl (C=O) groups excluding carboxylic acids is 1. The zero-order valence-corrected chi connectivity index (χ0v) is 15.7. The van der Waals surface area contributed by atoms with Crippen LogP contribution in [0.4, 0.5) is 4.39 Å². The number of carbonyl (C=O) groups is 1. The van der Waals surface area contributed by atoms with Gasteiger partial charge >= 0.3 is 0 Å². The molecule has 0 aliphatic heterocycles. The molecular formula is C21H17BrFNO2. The quantitative estimate of drug-likeness (QED) is 0.630. The highest BCUT2D eigenvalue weighted by molar-refractivity contribution is 9.10. The Morgan fingerprint density at radius 2 is 1.65 bits per heavy atom. The summed E-state index contributed by atoms with van der Waals surface area (Å²) in [5.41, 5.74) is 1.79. The number of rotatable bonds is 5. The van der Waals surface area contributed by atoms with Crippen LogP contribution in [0.15, 0.2) is 77.3 Å². The van der Waals surface area contributed by atoms with Crippen molar-refractivity contribution in [3.63, 3.8) is 0 Å². The molecule has 0 bridgehead atoms. The molecule has 3 nitrogen and oxygen atoms in total. The molecule has 1 N–H and O–H groups in total. The monoisotopic (exact) mass is 413 g/mol. The van der Waals surface area contributed by atoms with Crippen LogP contribution in [0.3, 0.4) is 0 Å². The standard InChI is InChI=1S/C21H17BrFNO2/c1-26-17-10-7-15(8-11-17)20(14-5-3-2-4-6-14)24-21(25)18-12-9-16(22)13-19(18)23/h2-13,20H,1H3,(H,24,25). The van der Waals surface area contributed by atoms with Crippen molar-refractivity contribution < 1.29 is 13.9 Å². The molecule has 0 aliphatic rings. The highest BCUT2D eigenvalue weighted by atomic mass is 79.9. The third kappa shape index (κ3) is 4.11. The Labute approximate surface area is 159 Å². The van der Waals surface area contributed by atoms with Crippen LogP contribution >= 0.6 is 15.9 Å². The fourth-order valence-electron chi connectivity index (χ4n) is 2.68. The average Bonchev–Trinajstić information content (AvgIpc) is 2.67. The molecule has 3 rings (SSSR count). The molecule has 0 radical (unpaired) electrons. The molecular weight excluding hydrogens is 397 g/mol. The molecule has 1 atom stereocenters. The maximum Gasteiger partial charge on any atom is 0.255 e. The summed E-state index contributed by atoms with van der Waals surface area (Å²) in [7, 11) is 1.60. The lowest BCUT2D eigenvalue weighted by Gasteiger charge is -2.20. The first kappa shape index (κ1) is 18.1. The molecule has 3 aromatic carbocycles. The maximum absolute atomic E-state index is 14.1.